The molecule has 21 heavy (non-hydrogen) atoms. The summed E-state index contributed by atoms with van der Waals surface area (Å²) in [6.07, 6.45) is 0. The summed E-state index contributed by atoms with van der Waals surface area (Å²) in [5.41, 5.74) is 0.696. The molecule has 4 nitrogen and oxygen atoms in total. The molecule has 0 fully saturated rings. The topological polar surface area (TPSA) is 59.2 Å². The summed E-state index contributed by atoms with van der Waals surface area (Å²) in [7, 11) is 0. The van der Waals surface area contributed by atoms with Crippen molar-refractivity contribution in [3.8, 4) is 17.2 Å². The van der Waals surface area contributed by atoms with Crippen molar-refractivity contribution in [1.82, 2.24) is 10.1 Å². The summed E-state index contributed by atoms with van der Waals surface area (Å²) in [4.78, 5) is 5.36. The van der Waals surface area contributed by atoms with E-state index in [1.54, 1.807) is 36.0 Å². The van der Waals surface area contributed by atoms with Crippen molar-refractivity contribution in [3.05, 3.63) is 59.4 Å². The molecule has 1 N–H and O–H groups in total. The van der Waals surface area contributed by atoms with E-state index in [0.29, 0.717) is 28.1 Å². The van der Waals surface area contributed by atoms with Crippen LogP contribution in [0.1, 0.15) is 5.82 Å². The second-order valence-corrected chi connectivity index (χ2v) is 5.80. The van der Waals surface area contributed by atoms with Crippen molar-refractivity contribution in [2.45, 2.75) is 10.6 Å². The minimum absolute atomic E-state index is 0.167. The highest BCUT2D eigenvalue weighted by molar-refractivity contribution is 7.98. The zero-order valence-electron chi connectivity index (χ0n) is 10.9. The van der Waals surface area contributed by atoms with Gasteiger partial charge in [0.25, 0.3) is 5.89 Å². The molecular weight excluding hydrogens is 308 g/mol. The van der Waals surface area contributed by atoms with Crippen LogP contribution in [0.5, 0.6) is 5.75 Å². The average Bonchev–Trinajstić information content (AvgIpc) is 2.94. The third-order valence-corrected chi connectivity index (χ3v) is 3.95. The SMILES string of the molecule is Oc1cccc(-c2nc(CSc3cccc(Cl)c3)no2)c1. The number of thioether (sulfide) groups is 1. The van der Waals surface area contributed by atoms with Crippen LogP contribution in [-0.4, -0.2) is 15.2 Å². The van der Waals surface area contributed by atoms with Gasteiger partial charge in [-0.25, -0.2) is 0 Å². The number of rotatable bonds is 4. The molecule has 3 aromatic rings. The van der Waals surface area contributed by atoms with Gasteiger partial charge in [0.2, 0.25) is 0 Å². The van der Waals surface area contributed by atoms with Gasteiger partial charge in [-0.1, -0.05) is 28.9 Å². The van der Waals surface area contributed by atoms with Gasteiger partial charge in [-0.15, -0.1) is 11.8 Å². The smallest absolute Gasteiger partial charge is 0.258 e. The Kier molecular flexibility index (Phi) is 4.13. The van der Waals surface area contributed by atoms with E-state index in [2.05, 4.69) is 10.1 Å². The fraction of sp³-hybridized carbons (Fsp3) is 0.0667. The molecule has 3 rings (SSSR count). The summed E-state index contributed by atoms with van der Waals surface area (Å²) < 4.78 is 5.21. The molecule has 0 saturated carbocycles. The summed E-state index contributed by atoms with van der Waals surface area (Å²) in [6, 6.07) is 14.3. The fourth-order valence-corrected chi connectivity index (χ4v) is 2.83. The highest BCUT2D eigenvalue weighted by atomic mass is 35.5. The quantitative estimate of drug-likeness (QED) is 0.723. The van der Waals surface area contributed by atoms with Crippen LogP contribution >= 0.6 is 23.4 Å². The van der Waals surface area contributed by atoms with Gasteiger partial charge in [0.15, 0.2) is 5.82 Å². The van der Waals surface area contributed by atoms with Crippen LogP contribution < -0.4 is 0 Å². The molecule has 0 unspecified atom stereocenters. The molecule has 0 radical (unpaired) electrons. The van der Waals surface area contributed by atoms with E-state index in [-0.39, 0.29) is 5.75 Å². The summed E-state index contributed by atoms with van der Waals surface area (Å²) in [5, 5.41) is 14.1. The number of aromatic hydroxyl groups is 1. The first-order chi connectivity index (χ1) is 10.2. The Labute approximate surface area is 130 Å². The first-order valence-corrected chi connectivity index (χ1v) is 7.57. The third kappa shape index (κ3) is 3.56. The van der Waals surface area contributed by atoms with Crippen LogP contribution in [0.15, 0.2) is 57.9 Å². The number of aromatic nitrogens is 2. The monoisotopic (exact) mass is 318 g/mol. The maximum absolute atomic E-state index is 9.45. The van der Waals surface area contributed by atoms with Crippen LogP contribution in [0, 0.1) is 0 Å². The lowest BCUT2D eigenvalue weighted by atomic mass is 10.2. The normalized spacial score (nSPS) is 10.7. The van der Waals surface area contributed by atoms with E-state index in [9.17, 15) is 5.11 Å². The van der Waals surface area contributed by atoms with Gasteiger partial charge in [-0.2, -0.15) is 4.98 Å². The Morgan fingerprint density at radius 1 is 1.14 bits per heavy atom. The van der Waals surface area contributed by atoms with Gasteiger partial charge in [0.05, 0.1) is 5.75 Å². The number of halogens is 1. The summed E-state index contributed by atoms with van der Waals surface area (Å²) in [6.45, 7) is 0. The molecule has 1 aromatic heterocycles. The van der Waals surface area contributed by atoms with Crippen LogP contribution in [0.4, 0.5) is 0 Å². The third-order valence-electron chi connectivity index (χ3n) is 2.73. The Morgan fingerprint density at radius 2 is 2.00 bits per heavy atom. The second-order valence-electron chi connectivity index (χ2n) is 4.31. The lowest BCUT2D eigenvalue weighted by Gasteiger charge is -1.98. The molecule has 0 atom stereocenters. The van der Waals surface area contributed by atoms with E-state index in [1.807, 2.05) is 24.3 Å². The molecule has 6 heteroatoms. The molecule has 1 heterocycles. The van der Waals surface area contributed by atoms with E-state index in [0.717, 1.165) is 4.90 Å². The van der Waals surface area contributed by atoms with Gasteiger partial charge in [0, 0.05) is 15.5 Å². The number of phenolic OH excluding ortho intramolecular Hbond substituents is 1. The molecule has 0 aliphatic rings. The Balaban J connectivity index is 1.71. The van der Waals surface area contributed by atoms with Crippen molar-refractivity contribution in [2.75, 3.05) is 0 Å². The van der Waals surface area contributed by atoms with E-state index in [1.165, 1.54) is 0 Å². The molecule has 0 bridgehead atoms. The van der Waals surface area contributed by atoms with E-state index in [4.69, 9.17) is 16.1 Å². The summed E-state index contributed by atoms with van der Waals surface area (Å²) >= 11 is 7.52. The van der Waals surface area contributed by atoms with Gasteiger partial charge in [-0.05, 0) is 36.4 Å². The van der Waals surface area contributed by atoms with Gasteiger partial charge in [-0.3, -0.25) is 0 Å². The average molecular weight is 319 g/mol. The van der Waals surface area contributed by atoms with Crippen LogP contribution in [0.25, 0.3) is 11.5 Å². The number of hydrogen-bond donors (Lipinski definition) is 1. The Morgan fingerprint density at radius 3 is 2.81 bits per heavy atom. The maximum Gasteiger partial charge on any atom is 0.258 e. The van der Waals surface area contributed by atoms with Crippen molar-refractivity contribution < 1.29 is 9.63 Å². The van der Waals surface area contributed by atoms with Crippen LogP contribution in [-0.2, 0) is 5.75 Å². The van der Waals surface area contributed by atoms with Crippen molar-refractivity contribution >= 4 is 23.4 Å². The highest BCUT2D eigenvalue weighted by Crippen LogP contribution is 2.26. The molecule has 0 saturated heterocycles. The second kappa shape index (κ2) is 6.20. The van der Waals surface area contributed by atoms with Crippen molar-refractivity contribution in [2.24, 2.45) is 0 Å². The minimum Gasteiger partial charge on any atom is -0.508 e. The standard InChI is InChI=1S/C15H11ClN2O2S/c16-11-4-2-6-13(8-11)21-9-14-17-15(20-18-14)10-3-1-5-12(19)7-10/h1-8,19H,9H2. The number of hydrogen-bond acceptors (Lipinski definition) is 5. The Hall–Kier alpha value is -1.98. The first-order valence-electron chi connectivity index (χ1n) is 6.21. The number of nitrogens with zero attached hydrogens (tertiary/aromatic N) is 2. The molecule has 106 valence electrons. The molecule has 0 aliphatic heterocycles. The lowest BCUT2D eigenvalue weighted by Crippen LogP contribution is -1.84. The van der Waals surface area contributed by atoms with Crippen LogP contribution in [0.3, 0.4) is 0 Å². The van der Waals surface area contributed by atoms with Gasteiger partial charge >= 0.3 is 0 Å². The van der Waals surface area contributed by atoms with Crippen LogP contribution in [0.2, 0.25) is 5.02 Å². The zero-order valence-corrected chi connectivity index (χ0v) is 12.4. The predicted molar refractivity (Wildman–Crippen MR) is 82.4 cm³/mol. The van der Waals surface area contributed by atoms with Crippen molar-refractivity contribution in [1.29, 1.82) is 0 Å². The molecule has 0 amide bonds. The summed E-state index contributed by atoms with van der Waals surface area (Å²) in [5.74, 6) is 1.74. The highest BCUT2D eigenvalue weighted by Gasteiger charge is 2.09. The largest absolute Gasteiger partial charge is 0.508 e. The van der Waals surface area contributed by atoms with Gasteiger partial charge < -0.3 is 9.63 Å². The maximum atomic E-state index is 9.45. The number of benzene rings is 2. The fourth-order valence-electron chi connectivity index (χ4n) is 1.77. The lowest BCUT2D eigenvalue weighted by molar-refractivity contribution is 0.424. The minimum atomic E-state index is 0.167. The first kappa shape index (κ1) is 14.0. The Bertz CT molecular complexity index is 761. The molecule has 0 spiro atoms. The van der Waals surface area contributed by atoms with Gasteiger partial charge in [0.1, 0.15) is 5.75 Å². The zero-order chi connectivity index (χ0) is 14.7. The molecule has 2 aromatic carbocycles. The molecular formula is C15H11ClN2O2S. The van der Waals surface area contributed by atoms with E-state index < -0.39 is 0 Å². The van der Waals surface area contributed by atoms with E-state index >= 15 is 0 Å². The molecule has 0 aliphatic carbocycles. The predicted octanol–water partition coefficient (Wildman–Crippen LogP) is 4.39. The number of phenols is 1. The van der Waals surface area contributed by atoms with Crippen molar-refractivity contribution in [3.63, 3.8) is 0 Å².